The molecule has 0 radical (unpaired) electrons. The Balaban J connectivity index is 1.53. The van der Waals surface area contributed by atoms with Crippen LogP contribution in [0.2, 0.25) is 0 Å². The summed E-state index contributed by atoms with van der Waals surface area (Å²) in [5.41, 5.74) is 3.42. The number of ether oxygens (including phenoxy) is 1. The lowest BCUT2D eigenvalue weighted by Gasteiger charge is -2.36. The number of carbonyl (C=O) groups is 2. The molecular formula is C30H26N4O4. The SMILES string of the molecule is Cc1cc(N2CCN(C)CC2)c(O)c2c1C(=O)C1=C(Oc3ccccc3CN1c1ccc(C#N)cc1)C2=O. The quantitative estimate of drug-likeness (QED) is 0.557. The molecule has 190 valence electrons. The van der Waals surface area contributed by atoms with E-state index >= 15 is 0 Å². The number of carbonyl (C=O) groups excluding carboxylic acids is 2. The number of hydrogen-bond acceptors (Lipinski definition) is 8. The van der Waals surface area contributed by atoms with Crippen LogP contribution in [0.15, 0.2) is 66.1 Å². The number of benzene rings is 3. The number of para-hydroxylation sites is 1. The molecule has 0 aromatic heterocycles. The van der Waals surface area contributed by atoms with Crippen LogP contribution in [0, 0.1) is 18.3 Å². The molecule has 3 aromatic rings. The number of piperazine rings is 1. The van der Waals surface area contributed by atoms with Gasteiger partial charge < -0.3 is 24.5 Å². The summed E-state index contributed by atoms with van der Waals surface area (Å²) in [5.74, 6) is -0.730. The number of ketones is 2. The lowest BCUT2D eigenvalue weighted by atomic mass is 9.85. The van der Waals surface area contributed by atoms with E-state index in [0.29, 0.717) is 47.9 Å². The van der Waals surface area contributed by atoms with Gasteiger partial charge in [0.15, 0.2) is 5.75 Å². The van der Waals surface area contributed by atoms with Gasteiger partial charge in [-0.25, -0.2) is 0 Å². The Hall–Kier alpha value is -4.61. The number of aromatic hydroxyl groups is 1. The Labute approximate surface area is 220 Å². The molecule has 0 bridgehead atoms. The number of nitrogens with zero attached hydrogens (tertiary/aromatic N) is 4. The second-order valence-electron chi connectivity index (χ2n) is 9.89. The van der Waals surface area contributed by atoms with Crippen LogP contribution in [-0.4, -0.2) is 54.8 Å². The molecule has 1 fully saturated rings. The van der Waals surface area contributed by atoms with Crippen molar-refractivity contribution in [2.45, 2.75) is 13.5 Å². The molecule has 0 spiro atoms. The van der Waals surface area contributed by atoms with Crippen LogP contribution in [0.3, 0.4) is 0 Å². The van der Waals surface area contributed by atoms with Gasteiger partial charge in [-0.05, 0) is 55.9 Å². The molecule has 1 saturated heterocycles. The Kier molecular flexibility index (Phi) is 5.66. The van der Waals surface area contributed by atoms with Crippen molar-refractivity contribution in [2.75, 3.05) is 43.0 Å². The molecule has 3 aliphatic rings. The van der Waals surface area contributed by atoms with Crippen molar-refractivity contribution in [2.24, 2.45) is 0 Å². The molecule has 3 aromatic carbocycles. The van der Waals surface area contributed by atoms with Crippen molar-refractivity contribution < 1.29 is 19.4 Å². The molecule has 0 amide bonds. The monoisotopic (exact) mass is 506 g/mol. The third-order valence-electron chi connectivity index (χ3n) is 7.50. The summed E-state index contributed by atoms with van der Waals surface area (Å²) >= 11 is 0. The van der Waals surface area contributed by atoms with Gasteiger partial charge in [0.1, 0.15) is 11.4 Å². The van der Waals surface area contributed by atoms with Crippen LogP contribution in [0.4, 0.5) is 11.4 Å². The fourth-order valence-electron chi connectivity index (χ4n) is 5.40. The van der Waals surface area contributed by atoms with Crippen LogP contribution in [0.25, 0.3) is 0 Å². The number of allylic oxidation sites excluding steroid dienone is 2. The maximum atomic E-state index is 14.2. The van der Waals surface area contributed by atoms with Gasteiger partial charge in [-0.1, -0.05) is 18.2 Å². The van der Waals surface area contributed by atoms with Crippen molar-refractivity contribution in [1.82, 2.24) is 4.90 Å². The molecule has 1 aliphatic carbocycles. The Bertz CT molecular complexity index is 1560. The van der Waals surface area contributed by atoms with E-state index in [2.05, 4.69) is 15.9 Å². The topological polar surface area (TPSA) is 97.1 Å². The number of hydrogen-bond donors (Lipinski definition) is 1. The van der Waals surface area contributed by atoms with Crippen LogP contribution >= 0.6 is 0 Å². The summed E-state index contributed by atoms with van der Waals surface area (Å²) in [6, 6.07) is 18.1. The number of phenols is 1. The molecule has 2 aliphatic heterocycles. The zero-order valence-electron chi connectivity index (χ0n) is 21.2. The fraction of sp³-hybridized carbons (Fsp3) is 0.233. The average molecular weight is 507 g/mol. The minimum absolute atomic E-state index is 0.0122. The van der Waals surface area contributed by atoms with Crippen LogP contribution in [-0.2, 0) is 6.54 Å². The van der Waals surface area contributed by atoms with Crippen molar-refractivity contribution in [3.63, 3.8) is 0 Å². The molecule has 0 saturated carbocycles. The predicted octanol–water partition coefficient (Wildman–Crippen LogP) is 4.01. The maximum absolute atomic E-state index is 14.2. The van der Waals surface area contributed by atoms with Gasteiger partial charge in [0.25, 0.3) is 0 Å². The fourth-order valence-corrected chi connectivity index (χ4v) is 5.40. The maximum Gasteiger partial charge on any atom is 0.235 e. The van der Waals surface area contributed by atoms with E-state index in [-0.39, 0.29) is 34.1 Å². The first kappa shape index (κ1) is 23.8. The second-order valence-corrected chi connectivity index (χ2v) is 9.89. The zero-order chi connectivity index (χ0) is 26.6. The average Bonchev–Trinajstić information content (AvgIpc) is 3.11. The van der Waals surface area contributed by atoms with Gasteiger partial charge in [-0.15, -0.1) is 0 Å². The van der Waals surface area contributed by atoms with Crippen LogP contribution in [0.5, 0.6) is 11.5 Å². The molecule has 2 heterocycles. The highest BCUT2D eigenvalue weighted by Crippen LogP contribution is 2.44. The van der Waals surface area contributed by atoms with Gasteiger partial charge in [-0.2, -0.15) is 5.26 Å². The first-order valence-corrected chi connectivity index (χ1v) is 12.5. The molecule has 0 atom stereocenters. The summed E-state index contributed by atoms with van der Waals surface area (Å²) in [7, 11) is 2.05. The largest absolute Gasteiger partial charge is 0.505 e. The minimum atomic E-state index is -0.526. The second kappa shape index (κ2) is 9.05. The highest BCUT2D eigenvalue weighted by molar-refractivity contribution is 6.29. The Morgan fingerprint density at radius 3 is 2.37 bits per heavy atom. The summed E-state index contributed by atoms with van der Waals surface area (Å²) < 4.78 is 6.18. The van der Waals surface area contributed by atoms with E-state index in [1.165, 1.54) is 0 Å². The summed E-state index contributed by atoms with van der Waals surface area (Å²) in [6.07, 6.45) is 0. The van der Waals surface area contributed by atoms with Gasteiger partial charge >= 0.3 is 0 Å². The van der Waals surface area contributed by atoms with Gasteiger partial charge in [0.05, 0.1) is 29.4 Å². The summed E-state index contributed by atoms with van der Waals surface area (Å²) in [5, 5.41) is 20.7. The molecular weight excluding hydrogens is 480 g/mol. The first-order valence-electron chi connectivity index (χ1n) is 12.5. The van der Waals surface area contributed by atoms with Crippen LogP contribution in [0.1, 0.15) is 37.4 Å². The van der Waals surface area contributed by atoms with E-state index in [9.17, 15) is 20.0 Å². The number of fused-ring (bicyclic) bond motifs is 2. The normalized spacial score (nSPS) is 17.3. The number of aryl methyl sites for hydroxylation is 1. The van der Waals surface area contributed by atoms with E-state index in [4.69, 9.17) is 4.74 Å². The summed E-state index contributed by atoms with van der Waals surface area (Å²) in [4.78, 5) is 34.3. The molecule has 8 nitrogen and oxygen atoms in total. The van der Waals surface area contributed by atoms with Gasteiger partial charge in [-0.3, -0.25) is 9.59 Å². The van der Waals surface area contributed by atoms with E-state index in [1.54, 1.807) is 48.2 Å². The van der Waals surface area contributed by atoms with E-state index < -0.39 is 5.78 Å². The number of phenolic OH excluding ortho intramolecular Hbond substituents is 1. The van der Waals surface area contributed by atoms with Gasteiger partial charge in [0.2, 0.25) is 17.3 Å². The zero-order valence-corrected chi connectivity index (χ0v) is 21.2. The molecule has 6 rings (SSSR count). The smallest absolute Gasteiger partial charge is 0.235 e. The van der Waals surface area contributed by atoms with Crippen molar-refractivity contribution >= 4 is 22.9 Å². The lowest BCUT2D eigenvalue weighted by molar-refractivity contribution is 0.0932. The molecule has 0 unspecified atom stereocenters. The molecule has 1 N–H and O–H groups in total. The lowest BCUT2D eigenvalue weighted by Crippen LogP contribution is -2.44. The van der Waals surface area contributed by atoms with E-state index in [1.807, 2.05) is 25.2 Å². The predicted molar refractivity (Wildman–Crippen MR) is 143 cm³/mol. The van der Waals surface area contributed by atoms with Crippen molar-refractivity contribution in [3.05, 3.63) is 93.9 Å². The summed E-state index contributed by atoms with van der Waals surface area (Å²) in [6.45, 7) is 5.16. The third kappa shape index (κ3) is 3.71. The molecule has 38 heavy (non-hydrogen) atoms. The number of Topliss-reactive ketones (excluding diaryl/α,β-unsaturated/α-hetero) is 2. The minimum Gasteiger partial charge on any atom is -0.505 e. The highest BCUT2D eigenvalue weighted by Gasteiger charge is 2.43. The third-order valence-corrected chi connectivity index (χ3v) is 7.50. The number of rotatable bonds is 2. The van der Waals surface area contributed by atoms with Crippen molar-refractivity contribution in [1.29, 1.82) is 5.26 Å². The standard InChI is InChI=1S/C30H26N4O4/c1-18-15-22(33-13-11-32(2)12-14-33)27(35)25-24(18)28(36)26-30(29(25)37)38-23-6-4-3-5-20(23)17-34(26)21-9-7-19(16-31)8-10-21/h3-10,15,35H,11-14,17H2,1-2H3. The van der Waals surface area contributed by atoms with E-state index in [0.717, 1.165) is 18.7 Å². The Morgan fingerprint density at radius 2 is 1.66 bits per heavy atom. The number of anilines is 2. The van der Waals surface area contributed by atoms with Crippen molar-refractivity contribution in [3.8, 4) is 17.6 Å². The first-order chi connectivity index (χ1) is 18.4. The highest BCUT2D eigenvalue weighted by atomic mass is 16.5. The van der Waals surface area contributed by atoms with Crippen LogP contribution < -0.4 is 14.5 Å². The molecule has 8 heteroatoms. The number of nitriles is 1. The van der Waals surface area contributed by atoms with Gasteiger partial charge in [0, 0.05) is 43.0 Å². The Morgan fingerprint density at radius 1 is 0.947 bits per heavy atom. The number of likely N-dealkylation sites (N-methyl/N-ethyl adjacent to an activating group) is 1.